The maximum Gasteiger partial charge on any atom is 0.0702 e. The third kappa shape index (κ3) is 4.60. The molecule has 0 N–H and O–H groups in total. The van der Waals surface area contributed by atoms with Crippen molar-refractivity contribution in [2.24, 2.45) is 0 Å². The number of rotatable bonds is 6. The van der Waals surface area contributed by atoms with E-state index in [-0.39, 0.29) is 0 Å². The Morgan fingerprint density at radius 2 is 2.06 bits per heavy atom. The van der Waals surface area contributed by atoms with Gasteiger partial charge in [-0.15, -0.1) is 11.6 Å². The molecule has 1 aromatic carbocycles. The van der Waals surface area contributed by atoms with Crippen molar-refractivity contribution >= 4 is 11.6 Å². The van der Waals surface area contributed by atoms with E-state index in [2.05, 4.69) is 35.2 Å². The molecule has 0 spiro atoms. The molecule has 1 fully saturated rings. The van der Waals surface area contributed by atoms with Gasteiger partial charge in [0.25, 0.3) is 0 Å². The Hall–Kier alpha value is -0.570. The first kappa shape index (κ1) is 13.9. The highest BCUT2D eigenvalue weighted by Crippen LogP contribution is 2.15. The summed E-state index contributed by atoms with van der Waals surface area (Å²) in [5.74, 6) is 0.680. The normalized spacial score (nSPS) is 20.2. The maximum atomic E-state index is 5.90. The van der Waals surface area contributed by atoms with E-state index in [4.69, 9.17) is 16.3 Å². The van der Waals surface area contributed by atoms with Crippen LogP contribution in [0.3, 0.4) is 0 Å². The lowest BCUT2D eigenvalue weighted by Crippen LogP contribution is -2.36. The van der Waals surface area contributed by atoms with Crippen molar-refractivity contribution in [1.82, 2.24) is 4.90 Å². The molecule has 1 aliphatic rings. The quantitative estimate of drug-likeness (QED) is 0.734. The number of halogens is 1. The number of hydrogen-bond acceptors (Lipinski definition) is 2. The molecule has 2 nitrogen and oxygen atoms in total. The lowest BCUT2D eigenvalue weighted by atomic mass is 10.1. The largest absolute Gasteiger partial charge is 0.377 e. The average Bonchev–Trinajstić information content (AvgIpc) is 2.41. The molecule has 0 saturated carbocycles. The Morgan fingerprint density at radius 3 is 2.72 bits per heavy atom. The second-order valence-electron chi connectivity index (χ2n) is 4.90. The third-order valence-corrected chi connectivity index (χ3v) is 3.55. The number of alkyl halides is 1. The number of benzene rings is 1. The molecule has 0 aromatic heterocycles. The van der Waals surface area contributed by atoms with Crippen LogP contribution in [0, 0.1) is 0 Å². The molecule has 0 aliphatic carbocycles. The van der Waals surface area contributed by atoms with Gasteiger partial charge in [0, 0.05) is 32.1 Å². The van der Waals surface area contributed by atoms with Gasteiger partial charge in [-0.2, -0.15) is 0 Å². The summed E-state index contributed by atoms with van der Waals surface area (Å²) in [6.45, 7) is 3.82. The fourth-order valence-electron chi connectivity index (χ4n) is 2.44. The van der Waals surface area contributed by atoms with Crippen molar-refractivity contribution < 1.29 is 4.74 Å². The van der Waals surface area contributed by atoms with Crippen molar-refractivity contribution in [3.8, 4) is 0 Å². The van der Waals surface area contributed by atoms with Crippen molar-refractivity contribution in [1.29, 1.82) is 0 Å². The lowest BCUT2D eigenvalue weighted by Gasteiger charge is -2.29. The van der Waals surface area contributed by atoms with Crippen LogP contribution < -0.4 is 0 Å². The number of ether oxygens (including phenoxy) is 1. The fourth-order valence-corrected chi connectivity index (χ4v) is 2.67. The van der Waals surface area contributed by atoms with Crippen molar-refractivity contribution in [2.45, 2.75) is 31.9 Å². The maximum absolute atomic E-state index is 5.90. The summed E-state index contributed by atoms with van der Waals surface area (Å²) in [5, 5.41) is 0. The first-order valence-electron chi connectivity index (χ1n) is 6.82. The van der Waals surface area contributed by atoms with Crippen LogP contribution in [0.4, 0.5) is 0 Å². The molecule has 1 aromatic rings. The Labute approximate surface area is 115 Å². The van der Waals surface area contributed by atoms with E-state index < -0.39 is 0 Å². The first-order valence-corrected chi connectivity index (χ1v) is 7.36. The molecule has 2 rings (SSSR count). The van der Waals surface area contributed by atoms with E-state index in [1.165, 1.54) is 24.8 Å². The van der Waals surface area contributed by atoms with Gasteiger partial charge in [0.15, 0.2) is 0 Å². The number of nitrogens with zero attached hydrogens (tertiary/aromatic N) is 1. The summed E-state index contributed by atoms with van der Waals surface area (Å²) in [7, 11) is 0. The molecule has 0 amide bonds. The predicted molar refractivity (Wildman–Crippen MR) is 76.0 cm³/mol. The van der Waals surface area contributed by atoms with Crippen LogP contribution >= 0.6 is 11.6 Å². The van der Waals surface area contributed by atoms with Gasteiger partial charge in [0.1, 0.15) is 0 Å². The van der Waals surface area contributed by atoms with Gasteiger partial charge >= 0.3 is 0 Å². The summed E-state index contributed by atoms with van der Waals surface area (Å²) >= 11 is 5.90. The molecule has 0 radical (unpaired) electrons. The molecule has 1 saturated heterocycles. The molecule has 1 unspecified atom stereocenters. The van der Waals surface area contributed by atoms with E-state index in [1.54, 1.807) is 0 Å². The Balaban J connectivity index is 1.86. The van der Waals surface area contributed by atoms with Crippen molar-refractivity contribution in [3.63, 3.8) is 0 Å². The third-order valence-electron chi connectivity index (χ3n) is 3.39. The standard InChI is InChI=1S/C15H22ClNO/c16-9-10-17(12-14-6-2-1-3-7-14)13-15-8-4-5-11-18-15/h1-3,6-7,15H,4-5,8-13H2. The SMILES string of the molecule is ClCCN(Cc1ccccc1)CC1CCCCO1. The minimum Gasteiger partial charge on any atom is -0.377 e. The average molecular weight is 268 g/mol. The molecule has 1 heterocycles. The van der Waals surface area contributed by atoms with Gasteiger partial charge in [-0.1, -0.05) is 30.3 Å². The van der Waals surface area contributed by atoms with Crippen LogP contribution in [-0.2, 0) is 11.3 Å². The second kappa shape index (κ2) is 7.78. The zero-order valence-corrected chi connectivity index (χ0v) is 11.6. The van der Waals surface area contributed by atoms with E-state index in [0.717, 1.165) is 26.2 Å². The van der Waals surface area contributed by atoms with Crippen LogP contribution in [0.25, 0.3) is 0 Å². The lowest BCUT2D eigenvalue weighted by molar-refractivity contribution is -0.00609. The highest BCUT2D eigenvalue weighted by atomic mass is 35.5. The van der Waals surface area contributed by atoms with Gasteiger partial charge in [-0.25, -0.2) is 0 Å². The van der Waals surface area contributed by atoms with E-state index in [1.807, 2.05) is 0 Å². The fraction of sp³-hybridized carbons (Fsp3) is 0.600. The van der Waals surface area contributed by atoms with E-state index in [9.17, 15) is 0 Å². The molecule has 1 aliphatic heterocycles. The first-order chi connectivity index (χ1) is 8.88. The monoisotopic (exact) mass is 267 g/mol. The highest BCUT2D eigenvalue weighted by molar-refractivity contribution is 6.18. The highest BCUT2D eigenvalue weighted by Gasteiger charge is 2.17. The topological polar surface area (TPSA) is 12.5 Å². The van der Waals surface area contributed by atoms with E-state index >= 15 is 0 Å². The van der Waals surface area contributed by atoms with Crippen LogP contribution in [-0.4, -0.2) is 36.6 Å². The summed E-state index contributed by atoms with van der Waals surface area (Å²) in [6.07, 6.45) is 4.09. The molecule has 100 valence electrons. The molecular formula is C15H22ClNO. The zero-order chi connectivity index (χ0) is 12.6. The van der Waals surface area contributed by atoms with Crippen LogP contribution in [0.15, 0.2) is 30.3 Å². The van der Waals surface area contributed by atoms with E-state index in [0.29, 0.717) is 12.0 Å². The number of hydrogen-bond donors (Lipinski definition) is 0. The summed E-state index contributed by atoms with van der Waals surface area (Å²) in [6, 6.07) is 10.6. The minimum absolute atomic E-state index is 0.394. The molecule has 1 atom stereocenters. The smallest absolute Gasteiger partial charge is 0.0702 e. The van der Waals surface area contributed by atoms with Crippen molar-refractivity contribution in [3.05, 3.63) is 35.9 Å². The van der Waals surface area contributed by atoms with Gasteiger partial charge in [-0.3, -0.25) is 4.90 Å². The van der Waals surface area contributed by atoms with Gasteiger partial charge in [0.05, 0.1) is 6.10 Å². The Kier molecular flexibility index (Phi) is 5.98. The molecular weight excluding hydrogens is 246 g/mol. The second-order valence-corrected chi connectivity index (χ2v) is 5.28. The van der Waals surface area contributed by atoms with Gasteiger partial charge in [0.2, 0.25) is 0 Å². The van der Waals surface area contributed by atoms with Crippen LogP contribution in [0.2, 0.25) is 0 Å². The minimum atomic E-state index is 0.394. The van der Waals surface area contributed by atoms with Crippen LogP contribution in [0.5, 0.6) is 0 Å². The summed E-state index contributed by atoms with van der Waals surface area (Å²) in [5.41, 5.74) is 1.35. The Morgan fingerprint density at radius 1 is 1.22 bits per heavy atom. The van der Waals surface area contributed by atoms with Crippen molar-refractivity contribution in [2.75, 3.05) is 25.6 Å². The zero-order valence-electron chi connectivity index (χ0n) is 10.9. The molecule has 3 heteroatoms. The van der Waals surface area contributed by atoms with Crippen LogP contribution in [0.1, 0.15) is 24.8 Å². The Bertz CT molecular complexity index is 325. The predicted octanol–water partition coefficient (Wildman–Crippen LogP) is 3.30. The van der Waals surface area contributed by atoms with Gasteiger partial charge < -0.3 is 4.74 Å². The molecule has 18 heavy (non-hydrogen) atoms. The summed E-state index contributed by atoms with van der Waals surface area (Å²) < 4.78 is 5.81. The summed E-state index contributed by atoms with van der Waals surface area (Å²) in [4.78, 5) is 2.40. The molecule has 0 bridgehead atoms. The van der Waals surface area contributed by atoms with Gasteiger partial charge in [-0.05, 0) is 24.8 Å².